The molecule has 0 aromatic heterocycles. The molecule has 1 aromatic carbocycles. The molecule has 0 saturated heterocycles. The van der Waals surface area contributed by atoms with Crippen LogP contribution in [-0.4, -0.2) is 16.9 Å². The molecule has 0 heterocycles. The van der Waals surface area contributed by atoms with E-state index in [2.05, 4.69) is 101 Å². The Hall–Kier alpha value is -1.43. The number of fused-ring (bicyclic) bond motifs is 7. The van der Waals surface area contributed by atoms with E-state index in [1.807, 2.05) is 0 Å². The summed E-state index contributed by atoms with van der Waals surface area (Å²) in [4.78, 5) is 27.0. The maximum absolute atomic E-state index is 14.1. The molecule has 1 N–H and O–H groups in total. The van der Waals surface area contributed by atoms with E-state index in [9.17, 15) is 14.7 Å². The molecule has 9 atom stereocenters. The highest BCUT2D eigenvalue weighted by Crippen LogP contribution is 2.77. The molecule has 0 bridgehead atoms. The summed E-state index contributed by atoms with van der Waals surface area (Å²) >= 11 is 2.35. The van der Waals surface area contributed by atoms with Gasteiger partial charge in [-0.15, -0.1) is 0 Å². The third-order valence-corrected chi connectivity index (χ3v) is 14.9. The Kier molecular flexibility index (Phi) is 6.89. The molecule has 0 radical (unpaired) electrons. The number of carbonyl (C=O) groups excluding carboxylic acids is 1. The topological polar surface area (TPSA) is 54.4 Å². The van der Waals surface area contributed by atoms with E-state index >= 15 is 0 Å². The van der Waals surface area contributed by atoms with E-state index in [0.717, 1.165) is 68.9 Å². The lowest BCUT2D eigenvalue weighted by Crippen LogP contribution is -2.67. The fourth-order valence-corrected chi connectivity index (χ4v) is 12.9. The molecule has 6 rings (SSSR count). The van der Waals surface area contributed by atoms with E-state index in [0.29, 0.717) is 29.5 Å². The van der Waals surface area contributed by atoms with Crippen LogP contribution in [0.5, 0.6) is 0 Å². The first kappa shape index (κ1) is 29.6. The van der Waals surface area contributed by atoms with E-state index < -0.39 is 11.4 Å². The Morgan fingerprint density at radius 3 is 2.37 bits per heavy atom. The molecule has 4 heteroatoms. The number of ketones is 1. The molecular formula is C37H49IO3. The molecule has 222 valence electrons. The van der Waals surface area contributed by atoms with Gasteiger partial charge in [-0.3, -0.25) is 9.59 Å². The minimum absolute atomic E-state index is 0.0386. The van der Waals surface area contributed by atoms with Gasteiger partial charge in [0.25, 0.3) is 0 Å². The van der Waals surface area contributed by atoms with Gasteiger partial charge in [0.2, 0.25) is 0 Å². The lowest BCUT2D eigenvalue weighted by molar-refractivity contribution is -0.231. The van der Waals surface area contributed by atoms with Gasteiger partial charge in [-0.05, 0) is 162 Å². The minimum atomic E-state index is -0.583. The predicted molar refractivity (Wildman–Crippen MR) is 174 cm³/mol. The lowest BCUT2D eigenvalue weighted by atomic mass is 9.32. The Balaban J connectivity index is 1.42. The van der Waals surface area contributed by atoms with Crippen molar-refractivity contribution in [2.45, 2.75) is 99.3 Å². The van der Waals surface area contributed by atoms with Gasteiger partial charge in [-0.1, -0.05) is 58.9 Å². The first-order valence-corrected chi connectivity index (χ1v) is 17.1. The van der Waals surface area contributed by atoms with Crippen LogP contribution < -0.4 is 0 Å². The molecule has 41 heavy (non-hydrogen) atoms. The van der Waals surface area contributed by atoms with Crippen molar-refractivity contribution < 1.29 is 14.7 Å². The van der Waals surface area contributed by atoms with Crippen molar-refractivity contribution in [2.75, 3.05) is 0 Å². The fourth-order valence-electron chi connectivity index (χ4n) is 12.3. The third kappa shape index (κ3) is 3.93. The van der Waals surface area contributed by atoms with E-state index in [4.69, 9.17) is 0 Å². The van der Waals surface area contributed by atoms with Crippen molar-refractivity contribution in [1.82, 2.24) is 0 Å². The van der Waals surface area contributed by atoms with E-state index in [1.165, 1.54) is 9.14 Å². The van der Waals surface area contributed by atoms with E-state index in [1.54, 1.807) is 0 Å². The van der Waals surface area contributed by atoms with Crippen molar-refractivity contribution >= 4 is 40.4 Å². The second-order valence-electron chi connectivity index (χ2n) is 16.1. The molecule has 5 fully saturated rings. The lowest BCUT2D eigenvalue weighted by Gasteiger charge is -2.72. The van der Waals surface area contributed by atoms with Crippen molar-refractivity contribution in [1.29, 1.82) is 0 Å². The largest absolute Gasteiger partial charge is 0.481 e. The molecule has 0 spiro atoms. The number of carbonyl (C=O) groups is 2. The minimum Gasteiger partial charge on any atom is -0.481 e. The number of aliphatic carboxylic acids is 1. The predicted octanol–water partition coefficient (Wildman–Crippen LogP) is 9.60. The zero-order valence-electron chi connectivity index (χ0n) is 26.0. The summed E-state index contributed by atoms with van der Waals surface area (Å²) in [5.41, 5.74) is 2.59. The molecule has 3 unspecified atom stereocenters. The molecule has 1 aromatic rings. The summed E-state index contributed by atoms with van der Waals surface area (Å²) < 4.78 is 1.19. The number of carboxylic acid groups (broad SMARTS) is 1. The SMILES string of the molecule is C=C(C)C1CC[C@]2(C(=O)O)CC[C@]3(C)[C@H](CC[C@@H]4[C@@]5(C)C/C(=C/c6cccc(I)c6)C(=O)C(C)(C)C5CC[C@]43C)C12. The summed E-state index contributed by atoms with van der Waals surface area (Å²) in [5, 5.41) is 10.6. The number of benzene rings is 1. The standard InChI is InChI=1S/C37H49IO3/c1-22(2)26-13-16-37(32(40)41)18-17-35(6)27(30(26)37)11-12-29-34(5)21-24(19-23-9-8-10-25(38)20-23)31(39)33(3,4)28(34)14-15-36(29,35)7/h8-10,19-20,26-30H,1,11-18,21H2,2-7H3,(H,40,41)/b24-19-/t26?,27-,28?,29-,30?,34+,35-,36-,37+/m1/s1. The summed E-state index contributed by atoms with van der Waals surface area (Å²) in [5.74, 6) is 1.58. The van der Waals surface area contributed by atoms with Gasteiger partial charge in [-0.25, -0.2) is 0 Å². The Bertz CT molecular complexity index is 1340. The van der Waals surface area contributed by atoms with Gasteiger partial charge in [0.15, 0.2) is 5.78 Å². The van der Waals surface area contributed by atoms with Gasteiger partial charge in [0.05, 0.1) is 5.41 Å². The molecular weight excluding hydrogens is 619 g/mol. The Morgan fingerprint density at radius 2 is 1.71 bits per heavy atom. The van der Waals surface area contributed by atoms with Crippen LogP contribution in [0.2, 0.25) is 0 Å². The number of halogens is 1. The molecule has 5 saturated carbocycles. The summed E-state index contributed by atoms with van der Waals surface area (Å²) in [7, 11) is 0. The van der Waals surface area contributed by atoms with Crippen molar-refractivity contribution in [2.24, 2.45) is 56.7 Å². The maximum atomic E-state index is 14.1. The maximum Gasteiger partial charge on any atom is 0.309 e. The second kappa shape index (κ2) is 9.53. The monoisotopic (exact) mass is 668 g/mol. The van der Waals surface area contributed by atoms with Crippen LogP contribution in [0.3, 0.4) is 0 Å². The number of Topliss-reactive ketones (excluding diaryl/α,β-unsaturated/α-hetero) is 1. The van der Waals surface area contributed by atoms with Crippen LogP contribution in [-0.2, 0) is 9.59 Å². The van der Waals surface area contributed by atoms with Crippen LogP contribution in [0.4, 0.5) is 0 Å². The first-order valence-electron chi connectivity index (χ1n) is 16.0. The quantitative estimate of drug-likeness (QED) is 0.198. The van der Waals surface area contributed by atoms with E-state index in [-0.39, 0.29) is 27.6 Å². The third-order valence-electron chi connectivity index (χ3n) is 14.3. The first-order chi connectivity index (χ1) is 19.1. The summed E-state index contributed by atoms with van der Waals surface area (Å²) in [6.45, 7) is 18.6. The average molecular weight is 669 g/mol. The van der Waals surface area contributed by atoms with Gasteiger partial charge in [-0.2, -0.15) is 0 Å². The highest BCUT2D eigenvalue weighted by molar-refractivity contribution is 14.1. The van der Waals surface area contributed by atoms with Gasteiger partial charge in [0.1, 0.15) is 0 Å². The zero-order valence-corrected chi connectivity index (χ0v) is 28.1. The molecule has 0 aliphatic heterocycles. The van der Waals surface area contributed by atoms with Crippen LogP contribution in [0, 0.1) is 60.2 Å². The Labute approximate surface area is 261 Å². The highest BCUT2D eigenvalue weighted by atomic mass is 127. The Morgan fingerprint density at radius 1 is 0.976 bits per heavy atom. The van der Waals surface area contributed by atoms with Crippen molar-refractivity contribution in [3.8, 4) is 0 Å². The second-order valence-corrected chi connectivity index (χ2v) is 17.3. The fraction of sp³-hybridized carbons (Fsp3) is 0.676. The smallest absolute Gasteiger partial charge is 0.309 e. The normalized spacial score (nSPS) is 45.8. The van der Waals surface area contributed by atoms with Crippen molar-refractivity contribution in [3.63, 3.8) is 0 Å². The average Bonchev–Trinajstić information content (AvgIpc) is 3.29. The number of hydrogen-bond donors (Lipinski definition) is 1. The summed E-state index contributed by atoms with van der Waals surface area (Å²) in [6, 6.07) is 8.48. The van der Waals surface area contributed by atoms with Crippen molar-refractivity contribution in [3.05, 3.63) is 51.1 Å². The highest BCUT2D eigenvalue weighted by Gasteiger charge is 2.72. The number of carboxylic acids is 1. The zero-order chi connectivity index (χ0) is 29.8. The van der Waals surface area contributed by atoms with Gasteiger partial charge in [0, 0.05) is 8.99 Å². The van der Waals surface area contributed by atoms with Crippen LogP contribution >= 0.6 is 22.6 Å². The number of hydrogen-bond acceptors (Lipinski definition) is 2. The molecule has 5 aliphatic carbocycles. The number of allylic oxidation sites excluding steroid dienone is 2. The van der Waals surface area contributed by atoms with Crippen LogP contribution in [0.15, 0.2) is 42.0 Å². The van der Waals surface area contributed by atoms with Crippen LogP contribution in [0.1, 0.15) is 105 Å². The van der Waals surface area contributed by atoms with Gasteiger partial charge < -0.3 is 5.11 Å². The van der Waals surface area contributed by atoms with Crippen LogP contribution in [0.25, 0.3) is 6.08 Å². The van der Waals surface area contributed by atoms with Gasteiger partial charge >= 0.3 is 5.97 Å². The molecule has 3 nitrogen and oxygen atoms in total. The number of rotatable bonds is 3. The molecule has 0 amide bonds. The molecule has 5 aliphatic rings. The summed E-state index contributed by atoms with van der Waals surface area (Å²) in [6.07, 6.45) is 11.1.